The van der Waals surface area contributed by atoms with Gasteiger partial charge in [-0.3, -0.25) is 9.52 Å². The Morgan fingerprint density at radius 2 is 2.12 bits per heavy atom. The van der Waals surface area contributed by atoms with Gasteiger partial charge in [0.15, 0.2) is 0 Å². The van der Waals surface area contributed by atoms with Gasteiger partial charge in [0.2, 0.25) is 10.0 Å². The van der Waals surface area contributed by atoms with Crippen LogP contribution in [0.25, 0.3) is 0 Å². The van der Waals surface area contributed by atoms with E-state index in [1.807, 2.05) is 6.92 Å². The minimum Gasteiger partial charge on any atom is -0.338 e. The first-order valence-electron chi connectivity index (χ1n) is 8.30. The van der Waals surface area contributed by atoms with Crippen molar-refractivity contribution in [1.82, 2.24) is 4.90 Å². The number of sulfonamides is 1. The molecule has 1 aromatic carbocycles. The number of likely N-dealkylation sites (tertiary alicyclic amines) is 1. The number of anilines is 1. The summed E-state index contributed by atoms with van der Waals surface area (Å²) >= 11 is 0. The normalized spacial score (nSPS) is 20.7. The Morgan fingerprint density at radius 1 is 1.42 bits per heavy atom. The van der Waals surface area contributed by atoms with E-state index in [9.17, 15) is 13.2 Å². The molecular weight excluding hydrogens is 326 g/mol. The Morgan fingerprint density at radius 3 is 2.75 bits per heavy atom. The van der Waals surface area contributed by atoms with E-state index in [2.05, 4.69) is 18.6 Å². The van der Waals surface area contributed by atoms with Gasteiger partial charge >= 0.3 is 0 Å². The zero-order valence-electron chi connectivity index (χ0n) is 14.6. The molecule has 0 spiro atoms. The minimum atomic E-state index is -3.37. The second-order valence-electron chi connectivity index (χ2n) is 7.11. The van der Waals surface area contributed by atoms with E-state index >= 15 is 0 Å². The monoisotopic (exact) mass is 353 g/mol. The molecule has 1 fully saturated rings. The Balaban J connectivity index is 2.15. The minimum absolute atomic E-state index is 0.0589. The lowest BCUT2D eigenvalue weighted by molar-refractivity contribution is 0.0533. The van der Waals surface area contributed by atoms with Crippen LogP contribution in [-0.4, -0.2) is 44.1 Å². The van der Waals surface area contributed by atoms with Gasteiger partial charge in [-0.05, 0) is 36.5 Å². The van der Waals surface area contributed by atoms with Crippen LogP contribution in [0.1, 0.15) is 44.0 Å². The van der Waals surface area contributed by atoms with Gasteiger partial charge in [-0.2, -0.15) is 0 Å². The average molecular weight is 353 g/mol. The summed E-state index contributed by atoms with van der Waals surface area (Å²) in [5, 5.41) is 0. The highest BCUT2D eigenvalue weighted by molar-refractivity contribution is 7.92. The molecule has 1 amide bonds. The summed E-state index contributed by atoms with van der Waals surface area (Å²) in [5.41, 5.74) is 6.89. The Hall–Kier alpha value is -1.60. The van der Waals surface area contributed by atoms with E-state index in [4.69, 9.17) is 5.73 Å². The number of hydrogen-bond donors (Lipinski definition) is 2. The first-order valence-corrected chi connectivity index (χ1v) is 9.95. The molecule has 1 atom stereocenters. The fourth-order valence-electron chi connectivity index (χ4n) is 2.94. The van der Waals surface area contributed by atoms with Crippen molar-refractivity contribution in [2.24, 2.45) is 11.1 Å². The van der Waals surface area contributed by atoms with Crippen LogP contribution in [0.2, 0.25) is 0 Å². The van der Waals surface area contributed by atoms with Crippen LogP contribution < -0.4 is 10.5 Å². The number of nitrogens with one attached hydrogen (secondary N) is 1. The van der Waals surface area contributed by atoms with Crippen molar-refractivity contribution < 1.29 is 13.2 Å². The molecule has 0 saturated carbocycles. The maximum atomic E-state index is 12.7. The van der Waals surface area contributed by atoms with Crippen LogP contribution >= 0.6 is 0 Å². The van der Waals surface area contributed by atoms with Crippen LogP contribution in [0, 0.1) is 5.41 Å². The molecule has 3 N–H and O–H groups in total. The Kier molecular flexibility index (Phi) is 5.55. The first-order chi connectivity index (χ1) is 11.1. The predicted molar refractivity (Wildman–Crippen MR) is 96.4 cm³/mol. The van der Waals surface area contributed by atoms with Crippen molar-refractivity contribution in [3.05, 3.63) is 29.8 Å². The van der Waals surface area contributed by atoms with Crippen LogP contribution in [0.15, 0.2) is 24.3 Å². The lowest BCUT2D eigenvalue weighted by Gasteiger charge is -2.42. The molecule has 2 rings (SSSR count). The number of amides is 1. The molecule has 1 aliphatic heterocycles. The van der Waals surface area contributed by atoms with Crippen molar-refractivity contribution in [2.45, 2.75) is 39.7 Å². The van der Waals surface area contributed by atoms with Crippen LogP contribution in [0.3, 0.4) is 0 Å². The van der Waals surface area contributed by atoms with Gasteiger partial charge in [0.1, 0.15) is 0 Å². The molecule has 0 radical (unpaired) electrons. The van der Waals surface area contributed by atoms with Crippen molar-refractivity contribution in [3.8, 4) is 0 Å². The third-order valence-electron chi connectivity index (χ3n) is 4.46. The smallest absolute Gasteiger partial charge is 0.253 e. The maximum Gasteiger partial charge on any atom is 0.253 e. The number of hydrogen-bond acceptors (Lipinski definition) is 4. The van der Waals surface area contributed by atoms with Crippen LogP contribution in [-0.2, 0) is 10.0 Å². The van der Waals surface area contributed by atoms with E-state index in [-0.39, 0.29) is 23.1 Å². The van der Waals surface area contributed by atoms with E-state index < -0.39 is 10.0 Å². The fourth-order valence-corrected chi connectivity index (χ4v) is 4.07. The maximum absolute atomic E-state index is 12.7. The molecule has 0 aliphatic carbocycles. The molecule has 1 unspecified atom stereocenters. The number of piperidine rings is 1. The standard InChI is InChI=1S/C17H27N3O3S/c1-4-10-24(22,23)19-14-7-5-6-13(11-14)16(21)20-9-8-15(18)17(2,3)12-20/h5-7,11,15,19H,4,8-10,12,18H2,1-3H3. The summed E-state index contributed by atoms with van der Waals surface area (Å²) in [5.74, 6) is -0.0323. The number of nitrogens with zero attached hydrogens (tertiary/aromatic N) is 1. The average Bonchev–Trinajstić information content (AvgIpc) is 2.49. The molecule has 1 aliphatic rings. The van der Waals surface area contributed by atoms with Gasteiger partial charge in [0.05, 0.1) is 5.75 Å². The van der Waals surface area contributed by atoms with Gasteiger partial charge < -0.3 is 10.6 Å². The van der Waals surface area contributed by atoms with E-state index in [1.54, 1.807) is 29.2 Å². The van der Waals surface area contributed by atoms with Gasteiger partial charge in [0.25, 0.3) is 5.91 Å². The summed E-state index contributed by atoms with van der Waals surface area (Å²) in [6, 6.07) is 6.73. The molecule has 6 nitrogen and oxygen atoms in total. The van der Waals surface area contributed by atoms with Crippen molar-refractivity contribution >= 4 is 21.6 Å². The van der Waals surface area contributed by atoms with Crippen molar-refractivity contribution in [3.63, 3.8) is 0 Å². The second kappa shape index (κ2) is 7.11. The molecule has 134 valence electrons. The summed E-state index contributed by atoms with van der Waals surface area (Å²) in [7, 11) is -3.37. The predicted octanol–water partition coefficient (Wildman–Crippen LogP) is 2.04. The zero-order valence-corrected chi connectivity index (χ0v) is 15.4. The highest BCUT2D eigenvalue weighted by atomic mass is 32.2. The number of carbonyl (C=O) groups is 1. The lowest BCUT2D eigenvalue weighted by atomic mass is 9.79. The highest BCUT2D eigenvalue weighted by Gasteiger charge is 2.35. The fraction of sp³-hybridized carbons (Fsp3) is 0.588. The third kappa shape index (κ3) is 4.48. The quantitative estimate of drug-likeness (QED) is 0.847. The van der Waals surface area contributed by atoms with Gasteiger partial charge in [-0.15, -0.1) is 0 Å². The molecule has 0 aromatic heterocycles. The summed E-state index contributed by atoms with van der Waals surface area (Å²) in [6.45, 7) is 7.15. The Labute approximate surface area is 144 Å². The second-order valence-corrected chi connectivity index (χ2v) is 8.95. The lowest BCUT2D eigenvalue weighted by Crippen LogP contribution is -2.54. The molecule has 1 aromatic rings. The highest BCUT2D eigenvalue weighted by Crippen LogP contribution is 2.28. The number of carbonyl (C=O) groups excluding carboxylic acids is 1. The van der Waals surface area contributed by atoms with Crippen molar-refractivity contribution in [1.29, 1.82) is 0 Å². The number of nitrogens with two attached hydrogens (primary N) is 1. The Bertz CT molecular complexity index is 701. The van der Waals surface area contributed by atoms with Crippen molar-refractivity contribution in [2.75, 3.05) is 23.6 Å². The summed E-state index contributed by atoms with van der Waals surface area (Å²) < 4.78 is 26.3. The number of rotatable bonds is 5. The first kappa shape index (κ1) is 18.7. The van der Waals surface area contributed by atoms with Gasteiger partial charge in [-0.25, -0.2) is 8.42 Å². The SMILES string of the molecule is CCCS(=O)(=O)Nc1cccc(C(=O)N2CCC(N)C(C)(C)C2)c1. The molecule has 7 heteroatoms. The topological polar surface area (TPSA) is 92.5 Å². The molecule has 24 heavy (non-hydrogen) atoms. The molecule has 1 saturated heterocycles. The largest absolute Gasteiger partial charge is 0.338 e. The summed E-state index contributed by atoms with van der Waals surface area (Å²) in [6.07, 6.45) is 1.30. The molecule has 1 heterocycles. The molecule has 0 bridgehead atoms. The van der Waals surface area contributed by atoms with E-state index in [0.29, 0.717) is 30.8 Å². The van der Waals surface area contributed by atoms with Crippen LogP contribution in [0.4, 0.5) is 5.69 Å². The van der Waals surface area contributed by atoms with Gasteiger partial charge in [-0.1, -0.05) is 26.8 Å². The zero-order chi connectivity index (χ0) is 18.0. The van der Waals surface area contributed by atoms with Crippen LogP contribution in [0.5, 0.6) is 0 Å². The summed E-state index contributed by atoms with van der Waals surface area (Å²) in [4.78, 5) is 14.5. The molecular formula is C17H27N3O3S. The third-order valence-corrected chi connectivity index (χ3v) is 5.95. The van der Waals surface area contributed by atoms with E-state index in [1.165, 1.54) is 0 Å². The number of benzene rings is 1. The van der Waals surface area contributed by atoms with Gasteiger partial charge in [0, 0.05) is 30.4 Å². The van der Waals surface area contributed by atoms with E-state index in [0.717, 1.165) is 6.42 Å².